The van der Waals surface area contributed by atoms with Crippen molar-refractivity contribution < 1.29 is 0 Å². The normalized spacial score (nSPS) is 11.5. The molecule has 0 aliphatic heterocycles. The van der Waals surface area contributed by atoms with E-state index < -0.39 is 0 Å². The number of aromatic nitrogens is 2. The summed E-state index contributed by atoms with van der Waals surface area (Å²) in [4.78, 5) is 0. The van der Waals surface area contributed by atoms with Crippen molar-refractivity contribution in [1.29, 1.82) is 0 Å². The van der Waals surface area contributed by atoms with Crippen LogP contribution in [0, 0.1) is 0 Å². The fourth-order valence-electron chi connectivity index (χ4n) is 10.4. The van der Waals surface area contributed by atoms with Crippen molar-refractivity contribution in [3.63, 3.8) is 0 Å². The lowest BCUT2D eigenvalue weighted by atomic mass is 9.89. The molecule has 0 N–H and O–H groups in total. The third kappa shape index (κ3) is 6.90. The minimum absolute atomic E-state index is 1.14. The van der Waals surface area contributed by atoms with Crippen LogP contribution >= 0.6 is 0 Å². The summed E-state index contributed by atoms with van der Waals surface area (Å²) in [5.41, 5.74) is 21.2. The fourth-order valence-corrected chi connectivity index (χ4v) is 10.4. The zero-order valence-electron chi connectivity index (χ0n) is 37.3. The maximum atomic E-state index is 2.39. The van der Waals surface area contributed by atoms with Gasteiger partial charge >= 0.3 is 0 Å². The molecule has 0 saturated carbocycles. The molecule has 0 aliphatic carbocycles. The van der Waals surface area contributed by atoms with E-state index in [4.69, 9.17) is 0 Å². The Bertz CT molecular complexity index is 3700. The summed E-state index contributed by atoms with van der Waals surface area (Å²) in [5.74, 6) is 0. The summed E-state index contributed by atoms with van der Waals surface area (Å²) >= 11 is 0. The average Bonchev–Trinajstić information content (AvgIpc) is 3.94. The standard InChI is InChI=1S/C66H44N2/c1-3-16-45(17-4-1)49-20-15-21-50(38-49)54-40-51(46-18-5-2-6-19-46)41-56(44-54)55-42-52(47-30-34-57(35-31-47)67-63-26-11-7-22-59(63)60-23-8-12-27-64(60)67)39-53(43-55)48-32-36-58(37-33-48)68-65-28-13-9-24-61(65)62-25-10-14-29-66(62)68/h1-44H. The molecule has 11 aromatic carbocycles. The summed E-state index contributed by atoms with van der Waals surface area (Å²) in [6.45, 7) is 0. The van der Waals surface area contributed by atoms with Crippen molar-refractivity contribution in [2.75, 3.05) is 0 Å². The second-order valence-electron chi connectivity index (χ2n) is 17.7. The molecule has 318 valence electrons. The average molecular weight is 865 g/mol. The Morgan fingerprint density at radius 2 is 0.397 bits per heavy atom. The van der Waals surface area contributed by atoms with Gasteiger partial charge in [0.15, 0.2) is 0 Å². The lowest BCUT2D eigenvalue weighted by molar-refractivity contribution is 1.18. The van der Waals surface area contributed by atoms with Gasteiger partial charge < -0.3 is 9.13 Å². The molecule has 2 heterocycles. The van der Waals surface area contributed by atoms with Crippen LogP contribution in [0.3, 0.4) is 0 Å². The second kappa shape index (κ2) is 16.5. The number of hydrogen-bond acceptors (Lipinski definition) is 0. The van der Waals surface area contributed by atoms with Gasteiger partial charge in [-0.05, 0) is 158 Å². The van der Waals surface area contributed by atoms with Gasteiger partial charge in [0.1, 0.15) is 0 Å². The number of hydrogen-bond donors (Lipinski definition) is 0. The first-order valence-corrected chi connectivity index (χ1v) is 23.4. The highest BCUT2D eigenvalue weighted by Crippen LogP contribution is 2.40. The van der Waals surface area contributed by atoms with E-state index >= 15 is 0 Å². The molecular weight excluding hydrogens is 821 g/mol. The van der Waals surface area contributed by atoms with Crippen LogP contribution in [-0.2, 0) is 0 Å². The molecule has 0 unspecified atom stereocenters. The van der Waals surface area contributed by atoms with E-state index in [0.29, 0.717) is 0 Å². The Hall–Kier alpha value is -8.98. The Labute approximate surface area is 395 Å². The second-order valence-corrected chi connectivity index (χ2v) is 17.7. The van der Waals surface area contributed by atoms with E-state index in [1.54, 1.807) is 0 Å². The van der Waals surface area contributed by atoms with Crippen molar-refractivity contribution in [2.45, 2.75) is 0 Å². The summed E-state index contributed by atoms with van der Waals surface area (Å²) in [6, 6.07) is 97.6. The number of rotatable bonds is 8. The van der Waals surface area contributed by atoms with Gasteiger partial charge in [-0.3, -0.25) is 0 Å². The van der Waals surface area contributed by atoms with Crippen LogP contribution in [0.1, 0.15) is 0 Å². The SMILES string of the molecule is c1ccc(-c2cccc(-c3cc(-c4ccccc4)cc(-c4cc(-c5ccc(-n6c7ccccc7c7ccccc76)cc5)cc(-c5ccc(-n6c7ccccc7c7ccccc76)cc5)c4)c3)c2)cc1. The smallest absolute Gasteiger partial charge is 0.0541 e. The summed E-state index contributed by atoms with van der Waals surface area (Å²) in [7, 11) is 0. The van der Waals surface area contributed by atoms with Crippen LogP contribution in [-0.4, -0.2) is 9.13 Å². The molecular formula is C66H44N2. The highest BCUT2D eigenvalue weighted by atomic mass is 15.0. The molecule has 0 saturated heterocycles. The molecule has 0 bridgehead atoms. The molecule has 13 aromatic rings. The zero-order valence-corrected chi connectivity index (χ0v) is 37.3. The van der Waals surface area contributed by atoms with Crippen molar-refractivity contribution in [3.8, 4) is 78.1 Å². The highest BCUT2D eigenvalue weighted by molar-refractivity contribution is 6.10. The molecule has 0 radical (unpaired) electrons. The van der Waals surface area contributed by atoms with Crippen LogP contribution in [0.5, 0.6) is 0 Å². The lowest BCUT2D eigenvalue weighted by Crippen LogP contribution is -1.94. The van der Waals surface area contributed by atoms with Crippen LogP contribution in [0.15, 0.2) is 267 Å². The Morgan fingerprint density at radius 3 is 0.765 bits per heavy atom. The maximum absolute atomic E-state index is 2.39. The molecule has 0 spiro atoms. The molecule has 0 fully saturated rings. The van der Waals surface area contributed by atoms with E-state index in [1.165, 1.54) is 82.6 Å². The summed E-state index contributed by atoms with van der Waals surface area (Å²) in [6.07, 6.45) is 0. The monoisotopic (exact) mass is 864 g/mol. The van der Waals surface area contributed by atoms with Crippen LogP contribution in [0.4, 0.5) is 0 Å². The minimum atomic E-state index is 1.14. The first kappa shape index (κ1) is 39.4. The largest absolute Gasteiger partial charge is 0.309 e. The summed E-state index contributed by atoms with van der Waals surface area (Å²) in [5, 5.41) is 5.05. The Morgan fingerprint density at radius 1 is 0.162 bits per heavy atom. The first-order chi connectivity index (χ1) is 33.7. The van der Waals surface area contributed by atoms with Gasteiger partial charge in [0.2, 0.25) is 0 Å². The molecule has 2 heteroatoms. The van der Waals surface area contributed by atoms with E-state index in [2.05, 4.69) is 276 Å². The molecule has 2 nitrogen and oxygen atoms in total. The van der Waals surface area contributed by atoms with E-state index in [1.807, 2.05) is 0 Å². The lowest BCUT2D eigenvalue weighted by Gasteiger charge is -2.16. The quantitative estimate of drug-likeness (QED) is 0.144. The van der Waals surface area contributed by atoms with Crippen LogP contribution < -0.4 is 0 Å². The van der Waals surface area contributed by atoms with Gasteiger partial charge in [-0.1, -0.05) is 176 Å². The Balaban J connectivity index is 0.973. The molecule has 0 amide bonds. The predicted molar refractivity (Wildman–Crippen MR) is 288 cm³/mol. The van der Waals surface area contributed by atoms with Gasteiger partial charge in [-0.2, -0.15) is 0 Å². The van der Waals surface area contributed by atoms with Gasteiger partial charge in [0, 0.05) is 32.9 Å². The molecule has 2 aromatic heterocycles. The van der Waals surface area contributed by atoms with E-state index in [0.717, 1.165) is 39.2 Å². The van der Waals surface area contributed by atoms with Crippen LogP contribution in [0.25, 0.3) is 122 Å². The zero-order chi connectivity index (χ0) is 45.0. The van der Waals surface area contributed by atoms with Crippen molar-refractivity contribution in [3.05, 3.63) is 267 Å². The van der Waals surface area contributed by atoms with Crippen LogP contribution in [0.2, 0.25) is 0 Å². The van der Waals surface area contributed by atoms with Crippen molar-refractivity contribution in [1.82, 2.24) is 9.13 Å². The summed E-state index contributed by atoms with van der Waals surface area (Å²) < 4.78 is 4.77. The topological polar surface area (TPSA) is 9.86 Å². The third-order valence-electron chi connectivity index (χ3n) is 13.7. The van der Waals surface area contributed by atoms with Crippen molar-refractivity contribution in [2.24, 2.45) is 0 Å². The molecule has 68 heavy (non-hydrogen) atoms. The number of fused-ring (bicyclic) bond motifs is 6. The minimum Gasteiger partial charge on any atom is -0.309 e. The third-order valence-corrected chi connectivity index (χ3v) is 13.7. The molecule has 13 rings (SSSR count). The van der Waals surface area contributed by atoms with Crippen molar-refractivity contribution >= 4 is 43.6 Å². The Kier molecular flexibility index (Phi) is 9.54. The first-order valence-electron chi connectivity index (χ1n) is 23.4. The van der Waals surface area contributed by atoms with E-state index in [-0.39, 0.29) is 0 Å². The predicted octanol–water partition coefficient (Wildman–Crippen LogP) is 17.9. The highest BCUT2D eigenvalue weighted by Gasteiger charge is 2.16. The van der Waals surface area contributed by atoms with E-state index in [9.17, 15) is 0 Å². The number of para-hydroxylation sites is 4. The maximum Gasteiger partial charge on any atom is 0.0541 e. The molecule has 0 aliphatic rings. The number of benzene rings is 11. The van der Waals surface area contributed by atoms with Gasteiger partial charge in [0.25, 0.3) is 0 Å². The fraction of sp³-hybridized carbons (Fsp3) is 0. The van der Waals surface area contributed by atoms with Gasteiger partial charge in [-0.15, -0.1) is 0 Å². The molecule has 0 atom stereocenters. The number of nitrogens with zero attached hydrogens (tertiary/aromatic N) is 2. The van der Waals surface area contributed by atoms with Gasteiger partial charge in [-0.25, -0.2) is 0 Å². The van der Waals surface area contributed by atoms with Gasteiger partial charge in [0.05, 0.1) is 22.1 Å².